The van der Waals surface area contributed by atoms with Gasteiger partial charge >= 0.3 is 5.97 Å². The van der Waals surface area contributed by atoms with Crippen LogP contribution in [0.25, 0.3) is 0 Å². The van der Waals surface area contributed by atoms with Crippen molar-refractivity contribution in [2.45, 2.75) is 38.1 Å². The summed E-state index contributed by atoms with van der Waals surface area (Å²) in [6.07, 6.45) is 1.43. The number of halogens is 1. The van der Waals surface area contributed by atoms with Gasteiger partial charge in [-0.15, -0.1) is 0 Å². The van der Waals surface area contributed by atoms with Crippen molar-refractivity contribution in [1.82, 2.24) is 5.32 Å². The van der Waals surface area contributed by atoms with Crippen molar-refractivity contribution in [2.24, 2.45) is 5.92 Å². The fourth-order valence-corrected chi connectivity index (χ4v) is 4.52. The van der Waals surface area contributed by atoms with Crippen molar-refractivity contribution in [3.05, 3.63) is 58.6 Å². The Kier molecular flexibility index (Phi) is 8.25. The van der Waals surface area contributed by atoms with Crippen LogP contribution in [0.15, 0.2) is 47.4 Å². The molecule has 0 heterocycles. The van der Waals surface area contributed by atoms with Crippen LogP contribution in [-0.2, 0) is 26.1 Å². The highest BCUT2D eigenvalue weighted by molar-refractivity contribution is 7.92. The number of sulfonamides is 1. The number of ether oxygens (including phenoxy) is 1. The van der Waals surface area contributed by atoms with Gasteiger partial charge in [0.2, 0.25) is 5.91 Å². The average Bonchev–Trinajstić information content (AvgIpc) is 2.72. The Morgan fingerprint density at radius 1 is 1.10 bits per heavy atom. The first-order chi connectivity index (χ1) is 14.2. The first-order valence-electron chi connectivity index (χ1n) is 9.49. The summed E-state index contributed by atoms with van der Waals surface area (Å²) >= 11 is 6.01. The van der Waals surface area contributed by atoms with Gasteiger partial charge in [-0.25, -0.2) is 13.2 Å². The molecule has 7 nitrogen and oxygen atoms in total. The van der Waals surface area contributed by atoms with Gasteiger partial charge in [-0.05, 0) is 48.7 Å². The van der Waals surface area contributed by atoms with Gasteiger partial charge in [0.25, 0.3) is 10.0 Å². The van der Waals surface area contributed by atoms with Crippen LogP contribution in [0, 0.1) is 5.92 Å². The van der Waals surface area contributed by atoms with Crippen LogP contribution in [-0.4, -0.2) is 27.4 Å². The third-order valence-electron chi connectivity index (χ3n) is 4.62. The number of hydrogen-bond acceptors (Lipinski definition) is 5. The summed E-state index contributed by atoms with van der Waals surface area (Å²) in [5, 5.41) is 2.90. The topological polar surface area (TPSA) is 102 Å². The second-order valence-electron chi connectivity index (χ2n) is 6.68. The summed E-state index contributed by atoms with van der Waals surface area (Å²) in [4.78, 5) is 24.2. The molecule has 2 N–H and O–H groups in total. The monoisotopic (exact) mass is 452 g/mol. The lowest BCUT2D eigenvalue weighted by Crippen LogP contribution is -2.29. The van der Waals surface area contributed by atoms with Crippen LogP contribution in [0.4, 0.5) is 5.69 Å². The maximum atomic E-state index is 12.7. The summed E-state index contributed by atoms with van der Waals surface area (Å²) in [5.74, 6) is -0.824. The number of esters is 1. The van der Waals surface area contributed by atoms with Gasteiger partial charge < -0.3 is 10.1 Å². The molecule has 0 saturated heterocycles. The van der Waals surface area contributed by atoms with E-state index in [0.717, 1.165) is 0 Å². The lowest BCUT2D eigenvalue weighted by atomic mass is 10.0. The number of benzene rings is 2. The first kappa shape index (κ1) is 23.7. The van der Waals surface area contributed by atoms with Crippen molar-refractivity contribution in [3.63, 3.8) is 0 Å². The first-order valence-corrected chi connectivity index (χ1v) is 11.3. The Morgan fingerprint density at radius 3 is 2.37 bits per heavy atom. The number of anilines is 1. The standard InChI is InChI=1S/C21H25ClN2O5S/c1-4-15(5-2)20(25)23-13-14-10-16(21(26)29-3)12-17(11-14)24-30(27,28)19-9-7-6-8-18(19)22/h6-12,15,24H,4-5,13H2,1-3H3,(H,23,25). The molecule has 2 rings (SSSR count). The Labute approximate surface area is 181 Å². The minimum absolute atomic E-state index is 0.0757. The Hall–Kier alpha value is -2.58. The molecule has 1 amide bonds. The van der Waals surface area contributed by atoms with Gasteiger partial charge in [-0.3, -0.25) is 9.52 Å². The highest BCUT2D eigenvalue weighted by Crippen LogP contribution is 2.25. The quantitative estimate of drug-likeness (QED) is 0.560. The number of carbonyl (C=O) groups is 2. The molecule has 0 bridgehead atoms. The molecule has 0 fully saturated rings. The van der Waals surface area contributed by atoms with E-state index in [-0.39, 0.29) is 39.5 Å². The van der Waals surface area contributed by atoms with E-state index in [2.05, 4.69) is 10.0 Å². The molecule has 0 radical (unpaired) electrons. The molecule has 30 heavy (non-hydrogen) atoms. The SMILES string of the molecule is CCC(CC)C(=O)NCc1cc(NS(=O)(=O)c2ccccc2Cl)cc(C(=O)OC)c1. The van der Waals surface area contributed by atoms with E-state index in [1.165, 1.54) is 25.3 Å². The van der Waals surface area contributed by atoms with Crippen LogP contribution < -0.4 is 10.0 Å². The molecule has 0 aliphatic heterocycles. The second-order valence-corrected chi connectivity index (χ2v) is 8.74. The van der Waals surface area contributed by atoms with Crippen molar-refractivity contribution >= 4 is 39.2 Å². The molecule has 2 aromatic rings. The van der Waals surface area contributed by atoms with Crippen LogP contribution in [0.5, 0.6) is 0 Å². The third kappa shape index (κ3) is 5.96. The van der Waals surface area contributed by atoms with Gasteiger partial charge in [0, 0.05) is 12.5 Å². The van der Waals surface area contributed by atoms with Crippen molar-refractivity contribution in [2.75, 3.05) is 11.8 Å². The lowest BCUT2D eigenvalue weighted by Gasteiger charge is -2.15. The molecule has 0 aromatic heterocycles. The van der Waals surface area contributed by atoms with Gasteiger partial charge in [0.1, 0.15) is 4.90 Å². The van der Waals surface area contributed by atoms with E-state index < -0.39 is 16.0 Å². The van der Waals surface area contributed by atoms with E-state index in [9.17, 15) is 18.0 Å². The predicted octanol–water partition coefficient (Wildman–Crippen LogP) is 3.98. The fraction of sp³-hybridized carbons (Fsp3) is 0.333. The maximum absolute atomic E-state index is 12.7. The molecule has 162 valence electrons. The number of methoxy groups -OCH3 is 1. The highest BCUT2D eigenvalue weighted by Gasteiger charge is 2.20. The minimum Gasteiger partial charge on any atom is -0.465 e. The molecule has 2 aromatic carbocycles. The van der Waals surface area contributed by atoms with Gasteiger partial charge in [-0.1, -0.05) is 37.6 Å². The van der Waals surface area contributed by atoms with Crippen LogP contribution in [0.3, 0.4) is 0 Å². The average molecular weight is 453 g/mol. The Bertz CT molecular complexity index is 1020. The minimum atomic E-state index is -3.98. The van der Waals surface area contributed by atoms with Crippen molar-refractivity contribution < 1.29 is 22.7 Å². The number of carbonyl (C=O) groups excluding carboxylic acids is 2. The van der Waals surface area contributed by atoms with Crippen molar-refractivity contribution in [3.8, 4) is 0 Å². The largest absolute Gasteiger partial charge is 0.465 e. The number of nitrogens with one attached hydrogen (secondary N) is 2. The zero-order chi connectivity index (χ0) is 22.3. The molecule has 9 heteroatoms. The van der Waals surface area contributed by atoms with Gasteiger partial charge in [-0.2, -0.15) is 0 Å². The van der Waals surface area contributed by atoms with Crippen LogP contribution >= 0.6 is 11.6 Å². The maximum Gasteiger partial charge on any atom is 0.337 e. The Balaban J connectivity index is 2.33. The van der Waals surface area contributed by atoms with Crippen LogP contribution in [0.2, 0.25) is 5.02 Å². The molecule has 0 spiro atoms. The molecule has 0 saturated carbocycles. The number of rotatable bonds is 9. The summed E-state index contributed by atoms with van der Waals surface area (Å²) in [5.41, 5.74) is 0.863. The highest BCUT2D eigenvalue weighted by atomic mass is 35.5. The van der Waals surface area contributed by atoms with Crippen molar-refractivity contribution in [1.29, 1.82) is 0 Å². The summed E-state index contributed by atoms with van der Waals surface area (Å²) in [6.45, 7) is 4.02. The van der Waals surface area contributed by atoms with E-state index >= 15 is 0 Å². The summed E-state index contributed by atoms with van der Waals surface area (Å²) < 4.78 is 32.7. The molecular weight excluding hydrogens is 428 g/mol. The van der Waals surface area contributed by atoms with E-state index in [1.54, 1.807) is 24.3 Å². The molecule has 0 aliphatic carbocycles. The zero-order valence-corrected chi connectivity index (χ0v) is 18.6. The van der Waals surface area contributed by atoms with Gasteiger partial charge in [0.15, 0.2) is 0 Å². The molecule has 0 aliphatic rings. The molecular formula is C21H25ClN2O5S. The second kappa shape index (κ2) is 10.4. The van der Waals surface area contributed by atoms with Crippen LogP contribution in [0.1, 0.15) is 42.6 Å². The normalized spacial score (nSPS) is 11.2. The van der Waals surface area contributed by atoms with E-state index in [4.69, 9.17) is 16.3 Å². The summed E-state index contributed by atoms with van der Waals surface area (Å²) in [7, 11) is -2.75. The Morgan fingerprint density at radius 2 is 1.77 bits per heavy atom. The van der Waals surface area contributed by atoms with E-state index in [0.29, 0.717) is 18.4 Å². The lowest BCUT2D eigenvalue weighted by molar-refractivity contribution is -0.125. The summed E-state index contributed by atoms with van der Waals surface area (Å²) in [6, 6.07) is 10.5. The number of amides is 1. The fourth-order valence-electron chi connectivity index (χ4n) is 2.95. The van der Waals surface area contributed by atoms with E-state index in [1.807, 2.05) is 13.8 Å². The smallest absolute Gasteiger partial charge is 0.337 e. The predicted molar refractivity (Wildman–Crippen MR) is 116 cm³/mol. The van der Waals surface area contributed by atoms with Gasteiger partial charge in [0.05, 0.1) is 23.4 Å². The third-order valence-corrected chi connectivity index (χ3v) is 6.50. The zero-order valence-electron chi connectivity index (χ0n) is 17.1. The molecule has 0 atom stereocenters. The molecule has 0 unspecified atom stereocenters. The number of hydrogen-bond donors (Lipinski definition) is 2.